The Morgan fingerprint density at radius 1 is 1.26 bits per heavy atom. The van der Waals surface area contributed by atoms with Crippen molar-refractivity contribution in [3.05, 3.63) is 50.6 Å². The number of benzene rings is 1. The van der Waals surface area contributed by atoms with Crippen LogP contribution in [0.25, 0.3) is 0 Å². The molecule has 2 atom stereocenters. The van der Waals surface area contributed by atoms with Crippen LogP contribution in [0.15, 0.2) is 40.2 Å². The average molecular weight is 337 g/mol. The number of nitrogens with two attached hydrogens (primary N) is 1. The molecule has 1 aromatic heterocycles. The Hall–Kier alpha value is -0.840. The van der Waals surface area contributed by atoms with Gasteiger partial charge >= 0.3 is 0 Å². The van der Waals surface area contributed by atoms with Gasteiger partial charge in [-0.2, -0.15) is 0 Å². The van der Waals surface area contributed by atoms with Crippen LogP contribution in [0.5, 0.6) is 0 Å². The Balaban J connectivity index is 1.99. The summed E-state index contributed by atoms with van der Waals surface area (Å²) in [5, 5.41) is 0. The predicted octanol–water partition coefficient (Wildman–Crippen LogP) is 3.96. The smallest absolute Gasteiger partial charge is 0.0783 e. The van der Waals surface area contributed by atoms with Gasteiger partial charge in [0.15, 0.2) is 0 Å². The minimum Gasteiger partial charge on any atom is -0.362 e. The topological polar surface area (TPSA) is 29.3 Å². The molecule has 0 spiro atoms. The Bertz CT molecular complexity index is 579. The van der Waals surface area contributed by atoms with Crippen LogP contribution in [0, 0.1) is 0 Å². The summed E-state index contributed by atoms with van der Waals surface area (Å²) >= 11 is 5.33. The van der Waals surface area contributed by atoms with Gasteiger partial charge in [0.25, 0.3) is 0 Å². The van der Waals surface area contributed by atoms with Crippen LogP contribution in [-0.4, -0.2) is 12.6 Å². The molecule has 0 saturated heterocycles. The number of thiophene rings is 1. The number of halogens is 1. The molecule has 19 heavy (non-hydrogen) atoms. The number of anilines is 1. The summed E-state index contributed by atoms with van der Waals surface area (Å²) in [6.07, 6.45) is 1.12. The van der Waals surface area contributed by atoms with Crippen molar-refractivity contribution in [2.24, 2.45) is 5.73 Å². The predicted molar refractivity (Wildman–Crippen MR) is 85.9 cm³/mol. The number of hydrogen-bond acceptors (Lipinski definition) is 3. The highest BCUT2D eigenvalue weighted by molar-refractivity contribution is 9.11. The summed E-state index contributed by atoms with van der Waals surface area (Å²) in [6, 6.07) is 13.3. The maximum Gasteiger partial charge on any atom is 0.0783 e. The summed E-state index contributed by atoms with van der Waals surface area (Å²) in [7, 11) is 0. The van der Waals surface area contributed by atoms with E-state index in [0.717, 1.165) is 13.0 Å². The molecule has 1 aromatic carbocycles. The molecule has 2 N–H and O–H groups in total. The Kier molecular flexibility index (Phi) is 3.65. The van der Waals surface area contributed by atoms with Crippen molar-refractivity contribution in [2.75, 3.05) is 11.4 Å². The second-order valence-electron chi connectivity index (χ2n) is 5.02. The molecular formula is C15H17BrN2S. The Labute approximate surface area is 126 Å². The first-order valence-corrected chi connectivity index (χ1v) is 8.13. The van der Waals surface area contributed by atoms with Gasteiger partial charge in [-0.3, -0.25) is 0 Å². The molecule has 0 radical (unpaired) electrons. The molecular weight excluding hydrogens is 320 g/mol. The van der Waals surface area contributed by atoms with Crippen LogP contribution < -0.4 is 10.6 Å². The lowest BCUT2D eigenvalue weighted by atomic mass is 10.1. The van der Waals surface area contributed by atoms with Gasteiger partial charge < -0.3 is 10.6 Å². The summed E-state index contributed by atoms with van der Waals surface area (Å²) < 4.78 is 1.17. The van der Waals surface area contributed by atoms with Crippen LogP contribution in [-0.2, 0) is 6.42 Å². The molecule has 0 bridgehead atoms. The van der Waals surface area contributed by atoms with Gasteiger partial charge in [-0.05, 0) is 53.0 Å². The lowest BCUT2D eigenvalue weighted by Crippen LogP contribution is -2.38. The molecule has 1 aliphatic heterocycles. The van der Waals surface area contributed by atoms with Gasteiger partial charge in [-0.25, -0.2) is 0 Å². The van der Waals surface area contributed by atoms with Gasteiger partial charge in [0, 0.05) is 23.2 Å². The number of nitrogens with zero attached hydrogens (tertiary/aromatic N) is 1. The lowest BCUT2D eigenvalue weighted by molar-refractivity contribution is 0.549. The first kappa shape index (κ1) is 13.2. The van der Waals surface area contributed by atoms with Gasteiger partial charge in [0.1, 0.15) is 0 Å². The standard InChI is InChI=1S/C15H17BrN2S/c1-10(17)15(13-6-7-14(16)19-13)18-9-8-11-4-2-3-5-12(11)18/h2-7,10,15H,8-9,17H2,1H3. The molecule has 0 amide bonds. The van der Waals surface area contributed by atoms with Crippen molar-refractivity contribution < 1.29 is 0 Å². The summed E-state index contributed by atoms with van der Waals surface area (Å²) in [6.45, 7) is 3.15. The van der Waals surface area contributed by atoms with E-state index in [1.165, 1.54) is 19.9 Å². The second-order valence-corrected chi connectivity index (χ2v) is 7.51. The number of rotatable bonds is 3. The fourth-order valence-electron chi connectivity index (χ4n) is 2.84. The third-order valence-electron chi connectivity index (χ3n) is 3.64. The molecule has 100 valence electrons. The van der Waals surface area contributed by atoms with E-state index in [1.54, 1.807) is 11.3 Å². The highest BCUT2D eigenvalue weighted by Gasteiger charge is 2.30. The van der Waals surface area contributed by atoms with Gasteiger partial charge in [0.05, 0.1) is 9.83 Å². The van der Waals surface area contributed by atoms with Crippen LogP contribution >= 0.6 is 27.3 Å². The summed E-state index contributed by atoms with van der Waals surface area (Å²) in [5.74, 6) is 0. The minimum atomic E-state index is 0.108. The zero-order valence-electron chi connectivity index (χ0n) is 10.8. The van der Waals surface area contributed by atoms with Gasteiger partial charge in [-0.15, -0.1) is 11.3 Å². The molecule has 2 unspecified atom stereocenters. The van der Waals surface area contributed by atoms with Crippen molar-refractivity contribution in [1.82, 2.24) is 0 Å². The van der Waals surface area contributed by atoms with Crippen molar-refractivity contribution in [2.45, 2.75) is 25.4 Å². The van der Waals surface area contributed by atoms with E-state index in [1.807, 2.05) is 0 Å². The molecule has 2 heterocycles. The first-order chi connectivity index (χ1) is 9.16. The highest BCUT2D eigenvalue weighted by Crippen LogP contribution is 2.39. The molecule has 2 nitrogen and oxygen atoms in total. The maximum absolute atomic E-state index is 6.26. The van der Waals surface area contributed by atoms with Crippen molar-refractivity contribution in [3.63, 3.8) is 0 Å². The van der Waals surface area contributed by atoms with Crippen LogP contribution in [0.3, 0.4) is 0 Å². The Morgan fingerprint density at radius 3 is 2.74 bits per heavy atom. The van der Waals surface area contributed by atoms with E-state index in [4.69, 9.17) is 5.73 Å². The molecule has 2 aromatic rings. The fourth-order valence-corrected chi connectivity index (χ4v) is 4.49. The van der Waals surface area contributed by atoms with Crippen molar-refractivity contribution >= 4 is 33.0 Å². The molecule has 0 fully saturated rings. The van der Waals surface area contributed by atoms with E-state index in [0.29, 0.717) is 0 Å². The monoisotopic (exact) mass is 336 g/mol. The van der Waals surface area contributed by atoms with Crippen LogP contribution in [0.4, 0.5) is 5.69 Å². The Morgan fingerprint density at radius 2 is 2.05 bits per heavy atom. The third-order valence-corrected chi connectivity index (χ3v) is 5.34. The lowest BCUT2D eigenvalue weighted by Gasteiger charge is -2.32. The summed E-state index contributed by atoms with van der Waals surface area (Å²) in [4.78, 5) is 3.79. The van der Waals surface area contributed by atoms with Crippen molar-refractivity contribution in [1.29, 1.82) is 0 Å². The summed E-state index contributed by atoms with van der Waals surface area (Å²) in [5.41, 5.74) is 9.04. The zero-order valence-corrected chi connectivity index (χ0v) is 13.2. The molecule has 1 aliphatic rings. The van der Waals surface area contributed by atoms with Gasteiger partial charge in [-0.1, -0.05) is 18.2 Å². The molecule has 0 aliphatic carbocycles. The number of fused-ring (bicyclic) bond motifs is 1. The quantitative estimate of drug-likeness (QED) is 0.919. The normalized spacial score (nSPS) is 17.3. The molecule has 0 saturated carbocycles. The first-order valence-electron chi connectivity index (χ1n) is 6.52. The van der Waals surface area contributed by atoms with E-state index < -0.39 is 0 Å². The van der Waals surface area contributed by atoms with E-state index in [2.05, 4.69) is 64.2 Å². The zero-order chi connectivity index (χ0) is 13.4. The fraction of sp³-hybridized carbons (Fsp3) is 0.333. The molecule has 3 rings (SSSR count). The maximum atomic E-state index is 6.26. The van der Waals surface area contributed by atoms with Crippen LogP contribution in [0.2, 0.25) is 0 Å². The van der Waals surface area contributed by atoms with E-state index >= 15 is 0 Å². The number of hydrogen-bond donors (Lipinski definition) is 1. The van der Waals surface area contributed by atoms with E-state index in [9.17, 15) is 0 Å². The number of para-hydroxylation sites is 1. The van der Waals surface area contributed by atoms with E-state index in [-0.39, 0.29) is 12.1 Å². The minimum absolute atomic E-state index is 0.108. The third kappa shape index (κ3) is 2.45. The van der Waals surface area contributed by atoms with Crippen molar-refractivity contribution in [3.8, 4) is 0 Å². The van der Waals surface area contributed by atoms with Crippen LogP contribution in [0.1, 0.15) is 23.4 Å². The average Bonchev–Trinajstić information content (AvgIpc) is 2.98. The highest BCUT2D eigenvalue weighted by atomic mass is 79.9. The van der Waals surface area contributed by atoms with Gasteiger partial charge in [0.2, 0.25) is 0 Å². The SMILES string of the molecule is CC(N)C(c1ccc(Br)s1)N1CCc2ccccc21. The largest absolute Gasteiger partial charge is 0.362 e. The second kappa shape index (κ2) is 5.27. The molecule has 4 heteroatoms.